The number of benzene rings is 2. The highest BCUT2D eigenvalue weighted by Gasteiger charge is 2.13. The van der Waals surface area contributed by atoms with Crippen LogP contribution in [-0.4, -0.2) is 36.0 Å². The third-order valence-corrected chi connectivity index (χ3v) is 4.75. The first-order valence-electron chi connectivity index (χ1n) is 10.6. The number of nitrogens with zero attached hydrogens (tertiary/aromatic N) is 3. The fourth-order valence-corrected chi connectivity index (χ4v) is 3.17. The van der Waals surface area contributed by atoms with Crippen molar-refractivity contribution < 1.29 is 9.47 Å². The van der Waals surface area contributed by atoms with Crippen molar-refractivity contribution in [3.8, 4) is 17.2 Å². The van der Waals surface area contributed by atoms with Gasteiger partial charge in [-0.3, -0.25) is 4.99 Å². The molecule has 164 valence electrons. The van der Waals surface area contributed by atoms with Crippen LogP contribution in [0.5, 0.6) is 11.5 Å². The van der Waals surface area contributed by atoms with Crippen LogP contribution >= 0.6 is 0 Å². The summed E-state index contributed by atoms with van der Waals surface area (Å²) in [5.74, 6) is 2.22. The molecule has 0 saturated carbocycles. The quantitative estimate of drug-likeness (QED) is 0.402. The first-order chi connectivity index (χ1) is 15.1. The molecular formula is C24H31N5O2. The lowest BCUT2D eigenvalue weighted by Gasteiger charge is -2.20. The highest BCUT2D eigenvalue weighted by atomic mass is 16.5. The molecule has 1 atom stereocenters. The van der Waals surface area contributed by atoms with Gasteiger partial charge < -0.3 is 20.1 Å². The van der Waals surface area contributed by atoms with Crippen LogP contribution in [0.1, 0.15) is 38.1 Å². The van der Waals surface area contributed by atoms with E-state index in [4.69, 9.17) is 9.47 Å². The second-order valence-electron chi connectivity index (χ2n) is 6.95. The van der Waals surface area contributed by atoms with Gasteiger partial charge in [0.25, 0.3) is 0 Å². The molecule has 1 unspecified atom stereocenters. The number of hydrogen-bond donors (Lipinski definition) is 2. The number of rotatable bonds is 9. The third-order valence-electron chi connectivity index (χ3n) is 4.75. The lowest BCUT2D eigenvalue weighted by atomic mass is 10.1. The van der Waals surface area contributed by atoms with E-state index in [1.54, 1.807) is 7.05 Å². The van der Waals surface area contributed by atoms with E-state index in [1.807, 2.05) is 79.3 Å². The van der Waals surface area contributed by atoms with Crippen molar-refractivity contribution >= 4 is 5.96 Å². The Morgan fingerprint density at radius 2 is 1.77 bits per heavy atom. The Morgan fingerprint density at radius 3 is 2.48 bits per heavy atom. The van der Waals surface area contributed by atoms with E-state index in [-0.39, 0.29) is 6.04 Å². The van der Waals surface area contributed by atoms with Crippen LogP contribution in [0, 0.1) is 0 Å². The number of guanidine groups is 1. The van der Waals surface area contributed by atoms with E-state index in [1.165, 1.54) is 0 Å². The lowest BCUT2D eigenvalue weighted by Crippen LogP contribution is -2.38. The second-order valence-corrected chi connectivity index (χ2v) is 6.95. The Bertz CT molecular complexity index is 985. The van der Waals surface area contributed by atoms with E-state index >= 15 is 0 Å². The maximum atomic E-state index is 5.75. The zero-order valence-corrected chi connectivity index (χ0v) is 18.6. The fourth-order valence-electron chi connectivity index (χ4n) is 3.17. The first-order valence-corrected chi connectivity index (χ1v) is 10.6. The molecule has 7 nitrogen and oxygen atoms in total. The van der Waals surface area contributed by atoms with Crippen molar-refractivity contribution in [1.82, 2.24) is 20.4 Å². The number of hydrogen-bond acceptors (Lipinski definition) is 4. The summed E-state index contributed by atoms with van der Waals surface area (Å²) in [4.78, 5) is 4.34. The molecule has 3 rings (SSSR count). The van der Waals surface area contributed by atoms with Gasteiger partial charge in [0.2, 0.25) is 0 Å². The average molecular weight is 422 g/mol. The highest BCUT2D eigenvalue weighted by molar-refractivity contribution is 5.80. The molecule has 1 aromatic heterocycles. The molecule has 0 fully saturated rings. The van der Waals surface area contributed by atoms with Crippen LogP contribution in [0.2, 0.25) is 0 Å². The summed E-state index contributed by atoms with van der Waals surface area (Å²) in [5, 5.41) is 11.4. The standard InChI is InChI=1S/C24H31N5O2/c1-5-30-22-13-12-19(16-23(22)31-6-2)18(3)27-24(25-4)26-17-20-14-15-29(28-20)21-10-8-7-9-11-21/h7-16,18H,5-6,17H2,1-4H3,(H2,25,26,27). The van der Waals surface area contributed by atoms with Gasteiger partial charge in [0.1, 0.15) is 0 Å². The zero-order valence-electron chi connectivity index (χ0n) is 18.6. The van der Waals surface area contributed by atoms with Gasteiger partial charge >= 0.3 is 0 Å². The predicted molar refractivity (Wildman–Crippen MR) is 124 cm³/mol. The van der Waals surface area contributed by atoms with Crippen LogP contribution in [0.3, 0.4) is 0 Å². The Kier molecular flexibility index (Phi) is 7.92. The monoisotopic (exact) mass is 421 g/mol. The smallest absolute Gasteiger partial charge is 0.191 e. The van der Waals surface area contributed by atoms with E-state index in [9.17, 15) is 0 Å². The van der Waals surface area contributed by atoms with Crippen LogP contribution in [0.15, 0.2) is 65.8 Å². The lowest BCUT2D eigenvalue weighted by molar-refractivity contribution is 0.287. The minimum absolute atomic E-state index is 0.0305. The molecule has 0 bridgehead atoms. The zero-order chi connectivity index (χ0) is 22.1. The van der Waals surface area contributed by atoms with Gasteiger partial charge in [0.15, 0.2) is 17.5 Å². The Labute approximate surface area is 184 Å². The van der Waals surface area contributed by atoms with Crippen molar-refractivity contribution in [2.24, 2.45) is 4.99 Å². The summed E-state index contributed by atoms with van der Waals surface area (Å²) < 4.78 is 13.3. The summed E-state index contributed by atoms with van der Waals surface area (Å²) in [6, 6.07) is 18.1. The molecule has 0 saturated heterocycles. The maximum absolute atomic E-state index is 5.75. The number of aromatic nitrogens is 2. The van der Waals surface area contributed by atoms with E-state index in [0.717, 1.165) is 28.4 Å². The van der Waals surface area contributed by atoms with E-state index in [2.05, 4.69) is 27.6 Å². The van der Waals surface area contributed by atoms with Gasteiger partial charge in [0, 0.05) is 13.2 Å². The Hall–Kier alpha value is -3.48. The predicted octanol–water partition coefficient (Wildman–Crippen LogP) is 4.10. The first kappa shape index (κ1) is 22.2. The van der Waals surface area contributed by atoms with Crippen molar-refractivity contribution in [3.05, 3.63) is 72.1 Å². The minimum Gasteiger partial charge on any atom is -0.490 e. The van der Waals surface area contributed by atoms with Gasteiger partial charge in [-0.25, -0.2) is 4.68 Å². The fraction of sp³-hybridized carbons (Fsp3) is 0.333. The number of ether oxygens (including phenoxy) is 2. The van der Waals surface area contributed by atoms with Crippen LogP contribution in [0.4, 0.5) is 0 Å². The normalized spacial score (nSPS) is 12.3. The summed E-state index contributed by atoms with van der Waals surface area (Å²) in [6.45, 7) is 7.78. The third kappa shape index (κ3) is 6.01. The Balaban J connectivity index is 1.61. The van der Waals surface area contributed by atoms with Gasteiger partial charge in [-0.1, -0.05) is 24.3 Å². The van der Waals surface area contributed by atoms with Crippen molar-refractivity contribution in [2.45, 2.75) is 33.4 Å². The summed E-state index contributed by atoms with van der Waals surface area (Å²) in [7, 11) is 1.76. The topological polar surface area (TPSA) is 72.7 Å². The van der Waals surface area contributed by atoms with Crippen LogP contribution < -0.4 is 20.1 Å². The van der Waals surface area contributed by atoms with Crippen molar-refractivity contribution in [3.63, 3.8) is 0 Å². The second kappa shape index (κ2) is 11.1. The molecule has 1 heterocycles. The molecule has 0 amide bonds. The molecule has 2 aromatic carbocycles. The van der Waals surface area contributed by atoms with Crippen LogP contribution in [-0.2, 0) is 6.54 Å². The van der Waals surface area contributed by atoms with Gasteiger partial charge in [-0.05, 0) is 56.7 Å². The maximum Gasteiger partial charge on any atom is 0.191 e. The molecule has 7 heteroatoms. The van der Waals surface area contributed by atoms with Crippen molar-refractivity contribution in [2.75, 3.05) is 20.3 Å². The molecule has 3 aromatic rings. The van der Waals surface area contributed by atoms with Gasteiger partial charge in [-0.2, -0.15) is 5.10 Å². The van der Waals surface area contributed by atoms with Crippen LogP contribution in [0.25, 0.3) is 5.69 Å². The number of para-hydroxylation sites is 1. The molecule has 0 aliphatic carbocycles. The van der Waals surface area contributed by atoms with Crippen molar-refractivity contribution in [1.29, 1.82) is 0 Å². The summed E-state index contributed by atoms with van der Waals surface area (Å²) >= 11 is 0. The van der Waals surface area contributed by atoms with Gasteiger partial charge in [-0.15, -0.1) is 0 Å². The highest BCUT2D eigenvalue weighted by Crippen LogP contribution is 2.30. The Morgan fingerprint density at radius 1 is 1.03 bits per heavy atom. The summed E-state index contributed by atoms with van der Waals surface area (Å²) in [5.41, 5.74) is 3.05. The van der Waals surface area contributed by atoms with E-state index in [0.29, 0.717) is 25.7 Å². The molecule has 2 N–H and O–H groups in total. The van der Waals surface area contributed by atoms with Gasteiger partial charge in [0.05, 0.1) is 37.2 Å². The number of nitrogens with one attached hydrogen (secondary N) is 2. The molecular weight excluding hydrogens is 390 g/mol. The van der Waals surface area contributed by atoms with E-state index < -0.39 is 0 Å². The SMILES string of the molecule is CCOc1ccc(C(C)NC(=NC)NCc2ccn(-c3ccccc3)n2)cc1OCC. The molecule has 0 radical (unpaired) electrons. The largest absolute Gasteiger partial charge is 0.490 e. The molecule has 0 aliphatic rings. The number of aliphatic imine (C=N–C) groups is 1. The average Bonchev–Trinajstić information content (AvgIpc) is 3.27. The molecule has 0 spiro atoms. The minimum atomic E-state index is 0.0305. The molecule has 31 heavy (non-hydrogen) atoms. The summed E-state index contributed by atoms with van der Waals surface area (Å²) in [6.07, 6.45) is 1.96. The molecule has 0 aliphatic heterocycles.